The fourth-order valence-corrected chi connectivity index (χ4v) is 3.00. The van der Waals surface area contributed by atoms with Crippen LogP contribution in [-0.2, 0) is 4.79 Å². The molecule has 1 aliphatic carbocycles. The number of carbonyl (C=O) groups excluding carboxylic acids is 1. The first kappa shape index (κ1) is 15.1. The second-order valence-electron chi connectivity index (χ2n) is 5.15. The number of hydrogen-bond donors (Lipinski definition) is 1. The third-order valence-corrected chi connectivity index (χ3v) is 4.23. The molecule has 1 N–H and O–H groups in total. The molecule has 0 saturated carbocycles. The maximum Gasteiger partial charge on any atom is 0.221 e. The highest BCUT2D eigenvalue weighted by atomic mass is 79.9. The summed E-state index contributed by atoms with van der Waals surface area (Å²) in [5, 5.41) is 3.05. The predicted molar refractivity (Wildman–Crippen MR) is 83.7 cm³/mol. The second-order valence-corrected chi connectivity index (χ2v) is 6.01. The van der Waals surface area contributed by atoms with Gasteiger partial charge in [-0.3, -0.25) is 4.79 Å². The van der Waals surface area contributed by atoms with Gasteiger partial charge in [0.05, 0.1) is 17.6 Å². The number of rotatable bonds is 5. The van der Waals surface area contributed by atoms with E-state index in [0.29, 0.717) is 12.3 Å². The topological polar surface area (TPSA) is 38.3 Å². The van der Waals surface area contributed by atoms with Crippen LogP contribution in [0.5, 0.6) is 5.75 Å². The molecule has 3 nitrogen and oxygen atoms in total. The second kappa shape index (κ2) is 6.93. The van der Waals surface area contributed by atoms with Crippen LogP contribution in [0.25, 0.3) is 0 Å². The molecule has 1 amide bonds. The van der Waals surface area contributed by atoms with Gasteiger partial charge in [0.1, 0.15) is 5.75 Å². The summed E-state index contributed by atoms with van der Waals surface area (Å²) in [6.07, 6.45) is 7.07. The molecule has 1 aromatic carbocycles. The van der Waals surface area contributed by atoms with E-state index in [1.165, 1.54) is 0 Å². The Morgan fingerprint density at radius 1 is 1.55 bits per heavy atom. The number of benzene rings is 1. The van der Waals surface area contributed by atoms with Gasteiger partial charge in [-0.05, 0) is 59.3 Å². The molecule has 2 unspecified atom stereocenters. The molecular formula is C16H20BrNO2. The zero-order valence-corrected chi connectivity index (χ0v) is 13.4. The molecule has 108 valence electrons. The van der Waals surface area contributed by atoms with E-state index in [-0.39, 0.29) is 11.9 Å². The van der Waals surface area contributed by atoms with Gasteiger partial charge in [0, 0.05) is 6.42 Å². The summed E-state index contributed by atoms with van der Waals surface area (Å²) < 4.78 is 6.11. The zero-order chi connectivity index (χ0) is 14.5. The Bertz CT molecular complexity index is 513. The average molecular weight is 338 g/mol. The number of amides is 1. The van der Waals surface area contributed by atoms with Crippen LogP contribution in [0.2, 0.25) is 0 Å². The molecule has 0 spiro atoms. The SMILES string of the molecule is COc1ccc(C(C)NC(=O)CC2C=CCC2)cc1Br. The van der Waals surface area contributed by atoms with E-state index in [4.69, 9.17) is 4.74 Å². The molecule has 0 fully saturated rings. The number of allylic oxidation sites excluding steroid dienone is 2. The quantitative estimate of drug-likeness (QED) is 0.825. The smallest absolute Gasteiger partial charge is 0.221 e. The first-order valence-corrected chi connectivity index (χ1v) is 7.69. The number of ether oxygens (including phenoxy) is 1. The van der Waals surface area contributed by atoms with Gasteiger partial charge in [0.2, 0.25) is 5.91 Å². The van der Waals surface area contributed by atoms with Gasteiger partial charge in [-0.25, -0.2) is 0 Å². The van der Waals surface area contributed by atoms with E-state index in [1.807, 2.05) is 25.1 Å². The van der Waals surface area contributed by atoms with E-state index >= 15 is 0 Å². The van der Waals surface area contributed by atoms with Gasteiger partial charge in [-0.1, -0.05) is 18.2 Å². The Morgan fingerprint density at radius 3 is 2.95 bits per heavy atom. The lowest BCUT2D eigenvalue weighted by molar-refractivity contribution is -0.122. The van der Waals surface area contributed by atoms with Crippen LogP contribution in [0.3, 0.4) is 0 Å². The monoisotopic (exact) mass is 337 g/mol. The van der Waals surface area contributed by atoms with E-state index in [9.17, 15) is 4.79 Å². The molecular weight excluding hydrogens is 318 g/mol. The molecule has 1 aliphatic rings. The summed E-state index contributed by atoms with van der Waals surface area (Å²) in [6.45, 7) is 2.00. The summed E-state index contributed by atoms with van der Waals surface area (Å²) in [6, 6.07) is 5.86. The van der Waals surface area contributed by atoms with Crippen molar-refractivity contribution in [2.45, 2.75) is 32.2 Å². The highest BCUT2D eigenvalue weighted by Gasteiger charge is 2.16. The van der Waals surface area contributed by atoms with Crippen molar-refractivity contribution in [3.05, 3.63) is 40.4 Å². The van der Waals surface area contributed by atoms with E-state index in [0.717, 1.165) is 28.6 Å². The Morgan fingerprint density at radius 2 is 2.35 bits per heavy atom. The third-order valence-electron chi connectivity index (χ3n) is 3.61. The van der Waals surface area contributed by atoms with Crippen molar-refractivity contribution in [2.24, 2.45) is 5.92 Å². The minimum Gasteiger partial charge on any atom is -0.496 e. The van der Waals surface area contributed by atoms with Crippen LogP contribution in [-0.4, -0.2) is 13.0 Å². The van der Waals surface area contributed by atoms with E-state index < -0.39 is 0 Å². The Hall–Kier alpha value is -1.29. The van der Waals surface area contributed by atoms with Crippen molar-refractivity contribution in [3.63, 3.8) is 0 Å². The fourth-order valence-electron chi connectivity index (χ4n) is 2.44. The molecule has 2 rings (SSSR count). The summed E-state index contributed by atoms with van der Waals surface area (Å²) >= 11 is 3.47. The van der Waals surface area contributed by atoms with Gasteiger partial charge < -0.3 is 10.1 Å². The van der Waals surface area contributed by atoms with Crippen molar-refractivity contribution in [2.75, 3.05) is 7.11 Å². The molecule has 0 aromatic heterocycles. The number of carbonyl (C=O) groups is 1. The maximum atomic E-state index is 12.0. The molecule has 0 heterocycles. The zero-order valence-electron chi connectivity index (χ0n) is 11.9. The van der Waals surface area contributed by atoms with Gasteiger partial charge in [0.25, 0.3) is 0 Å². The molecule has 2 atom stereocenters. The van der Waals surface area contributed by atoms with E-state index in [2.05, 4.69) is 33.4 Å². The average Bonchev–Trinajstić information content (AvgIpc) is 2.91. The Balaban J connectivity index is 1.93. The highest BCUT2D eigenvalue weighted by molar-refractivity contribution is 9.10. The minimum absolute atomic E-state index is 0.00455. The molecule has 0 aliphatic heterocycles. The first-order valence-electron chi connectivity index (χ1n) is 6.89. The lowest BCUT2D eigenvalue weighted by Gasteiger charge is -2.17. The van der Waals surface area contributed by atoms with Gasteiger partial charge in [-0.15, -0.1) is 0 Å². The summed E-state index contributed by atoms with van der Waals surface area (Å²) in [4.78, 5) is 12.0. The largest absolute Gasteiger partial charge is 0.496 e. The highest BCUT2D eigenvalue weighted by Crippen LogP contribution is 2.28. The van der Waals surface area contributed by atoms with Crippen LogP contribution in [0.1, 0.15) is 37.8 Å². The van der Waals surface area contributed by atoms with Crippen molar-refractivity contribution < 1.29 is 9.53 Å². The Kier molecular flexibility index (Phi) is 5.24. The van der Waals surface area contributed by atoms with Crippen LogP contribution < -0.4 is 10.1 Å². The normalized spacial score (nSPS) is 18.9. The summed E-state index contributed by atoms with van der Waals surface area (Å²) in [5.74, 6) is 1.31. The number of halogens is 1. The number of methoxy groups -OCH3 is 1. The van der Waals surface area contributed by atoms with Gasteiger partial charge >= 0.3 is 0 Å². The standard InChI is InChI=1S/C16H20BrNO2/c1-11(13-7-8-15(20-2)14(17)10-13)18-16(19)9-12-5-3-4-6-12/h3,5,7-8,10-12H,4,6,9H2,1-2H3,(H,18,19). The van der Waals surface area contributed by atoms with Crippen molar-refractivity contribution >= 4 is 21.8 Å². The third kappa shape index (κ3) is 3.85. The molecule has 4 heteroatoms. The predicted octanol–water partition coefficient (Wildman–Crippen LogP) is 3.99. The molecule has 0 bridgehead atoms. The lowest BCUT2D eigenvalue weighted by Crippen LogP contribution is -2.27. The minimum atomic E-state index is -0.00455. The molecule has 0 radical (unpaired) electrons. The molecule has 0 saturated heterocycles. The van der Waals surface area contributed by atoms with Crippen LogP contribution >= 0.6 is 15.9 Å². The van der Waals surface area contributed by atoms with Crippen LogP contribution in [0.4, 0.5) is 0 Å². The Labute approximate surface area is 128 Å². The van der Waals surface area contributed by atoms with Crippen molar-refractivity contribution in [3.8, 4) is 5.75 Å². The maximum absolute atomic E-state index is 12.0. The summed E-state index contributed by atoms with van der Waals surface area (Å²) in [5.41, 5.74) is 1.06. The van der Waals surface area contributed by atoms with Crippen LogP contribution in [0.15, 0.2) is 34.8 Å². The van der Waals surface area contributed by atoms with Crippen LogP contribution in [0, 0.1) is 5.92 Å². The number of hydrogen-bond acceptors (Lipinski definition) is 2. The molecule has 20 heavy (non-hydrogen) atoms. The van der Waals surface area contributed by atoms with Gasteiger partial charge in [-0.2, -0.15) is 0 Å². The first-order chi connectivity index (χ1) is 9.60. The lowest BCUT2D eigenvalue weighted by atomic mass is 10.0. The van der Waals surface area contributed by atoms with Crippen molar-refractivity contribution in [1.82, 2.24) is 5.32 Å². The van der Waals surface area contributed by atoms with Gasteiger partial charge in [0.15, 0.2) is 0 Å². The fraction of sp³-hybridized carbons (Fsp3) is 0.438. The molecule has 1 aromatic rings. The van der Waals surface area contributed by atoms with E-state index in [1.54, 1.807) is 7.11 Å². The number of nitrogens with one attached hydrogen (secondary N) is 1. The van der Waals surface area contributed by atoms with Crippen molar-refractivity contribution in [1.29, 1.82) is 0 Å². The summed E-state index contributed by atoms with van der Waals surface area (Å²) in [7, 11) is 1.64.